The number of non-ortho nitro benzene ring substituents is 1. The second-order valence-corrected chi connectivity index (χ2v) is 2.15. The van der Waals surface area contributed by atoms with Crippen LogP contribution < -0.4 is 0 Å². The van der Waals surface area contributed by atoms with Crippen LogP contribution in [0.2, 0.25) is 0 Å². The van der Waals surface area contributed by atoms with Gasteiger partial charge in [0.25, 0.3) is 5.69 Å². The summed E-state index contributed by atoms with van der Waals surface area (Å²) in [6.07, 6.45) is 0. The van der Waals surface area contributed by atoms with Gasteiger partial charge >= 0.3 is 5.69 Å². The van der Waals surface area contributed by atoms with Crippen molar-refractivity contribution in [2.24, 2.45) is 0 Å². The first-order valence-electron chi connectivity index (χ1n) is 3.55. The monoisotopic (exact) mass is 218 g/mol. The average Bonchev–Trinajstić information content (AvgIpc) is 2.20. The summed E-state index contributed by atoms with van der Waals surface area (Å²) in [5.74, 6) is -1.09. The van der Waals surface area contributed by atoms with Crippen molar-refractivity contribution >= 4 is 11.4 Å². The van der Waals surface area contributed by atoms with Crippen molar-refractivity contribution < 1.29 is 19.3 Å². The van der Waals surface area contributed by atoms with Crippen molar-refractivity contribution in [3.63, 3.8) is 0 Å². The summed E-state index contributed by atoms with van der Waals surface area (Å²) in [5.41, 5.74) is -1.40. The van der Waals surface area contributed by atoms with Gasteiger partial charge in [-0.15, -0.1) is 0 Å². The van der Waals surface area contributed by atoms with Gasteiger partial charge in [-0.25, -0.2) is 0 Å². The van der Waals surface area contributed by atoms with Crippen molar-refractivity contribution in [3.8, 4) is 0 Å². The first-order chi connectivity index (χ1) is 7.02. The number of nitrogens with zero attached hydrogens (tertiary/aromatic N) is 2. The van der Waals surface area contributed by atoms with Crippen LogP contribution >= 0.6 is 0 Å². The summed E-state index contributed by atoms with van der Waals surface area (Å²) in [7, 11) is 1.00. The lowest BCUT2D eigenvalue weighted by molar-refractivity contribution is -0.395. The summed E-state index contributed by atoms with van der Waals surface area (Å²) >= 11 is 0. The quantitative estimate of drug-likeness (QED) is 0.593. The van der Waals surface area contributed by atoms with Crippen LogP contribution in [-0.2, 0) is 0 Å². The van der Waals surface area contributed by atoms with Gasteiger partial charge in [-0.2, -0.15) is 4.39 Å². The van der Waals surface area contributed by atoms with Gasteiger partial charge in [-0.05, 0) is 6.07 Å². The van der Waals surface area contributed by atoms with E-state index < -0.39 is 27.0 Å². The molecule has 82 valence electrons. The molecule has 0 bridgehead atoms. The van der Waals surface area contributed by atoms with E-state index in [-0.39, 0.29) is 0 Å². The van der Waals surface area contributed by atoms with Gasteiger partial charge in [0, 0.05) is 13.2 Å². The molecule has 7 nitrogen and oxygen atoms in total. The van der Waals surface area contributed by atoms with E-state index in [9.17, 15) is 24.6 Å². The Morgan fingerprint density at radius 1 is 1.20 bits per heavy atom. The molecule has 1 aromatic carbocycles. The Morgan fingerprint density at radius 2 is 1.73 bits per heavy atom. The van der Waals surface area contributed by atoms with E-state index >= 15 is 0 Å². The molecule has 1 N–H and O–H groups in total. The van der Waals surface area contributed by atoms with E-state index in [1.54, 1.807) is 0 Å². The Kier molecular flexibility index (Phi) is 4.82. The van der Waals surface area contributed by atoms with Crippen LogP contribution in [0, 0.1) is 26.0 Å². The highest BCUT2D eigenvalue weighted by molar-refractivity contribution is 5.43. The molecule has 8 heteroatoms. The molecule has 0 radical (unpaired) electrons. The number of nitro benzene ring substituents is 2. The molecular formula is C7H7FN2O5. The minimum Gasteiger partial charge on any atom is -0.400 e. The third kappa shape index (κ3) is 3.27. The molecule has 0 aromatic heterocycles. The Bertz CT molecular complexity index is 382. The Morgan fingerprint density at radius 3 is 2.13 bits per heavy atom. The van der Waals surface area contributed by atoms with Crippen LogP contribution in [0.4, 0.5) is 15.8 Å². The lowest BCUT2D eigenvalue weighted by Gasteiger charge is -1.93. The van der Waals surface area contributed by atoms with Gasteiger partial charge in [0.15, 0.2) is 0 Å². The zero-order valence-corrected chi connectivity index (χ0v) is 7.58. The molecule has 0 amide bonds. The third-order valence-electron chi connectivity index (χ3n) is 1.34. The lowest BCUT2D eigenvalue weighted by atomic mass is 10.3. The molecule has 0 atom stereocenters. The molecule has 0 heterocycles. The summed E-state index contributed by atoms with van der Waals surface area (Å²) in [5, 5.41) is 27.3. The molecule has 0 saturated heterocycles. The van der Waals surface area contributed by atoms with Crippen molar-refractivity contribution in [1.29, 1.82) is 0 Å². The third-order valence-corrected chi connectivity index (χ3v) is 1.34. The Balaban J connectivity index is 0.000000921. The molecule has 0 aliphatic carbocycles. The van der Waals surface area contributed by atoms with Gasteiger partial charge in [-0.1, -0.05) is 0 Å². The van der Waals surface area contributed by atoms with E-state index in [4.69, 9.17) is 5.11 Å². The number of halogens is 1. The average molecular weight is 218 g/mol. The largest absolute Gasteiger partial charge is 0.400 e. The highest BCUT2D eigenvalue weighted by Crippen LogP contribution is 2.22. The fourth-order valence-electron chi connectivity index (χ4n) is 0.755. The number of nitro groups is 2. The van der Waals surface area contributed by atoms with Gasteiger partial charge in [0.05, 0.1) is 15.9 Å². The summed E-state index contributed by atoms with van der Waals surface area (Å²) < 4.78 is 12.6. The molecule has 0 spiro atoms. The molecule has 0 aliphatic rings. The molecule has 0 unspecified atom stereocenters. The highest BCUT2D eigenvalue weighted by atomic mass is 19.1. The SMILES string of the molecule is CO.O=[N+]([O-])c1ccc(F)c([N+](=O)[O-])c1. The number of aliphatic hydroxyl groups excluding tert-OH is 1. The molecule has 15 heavy (non-hydrogen) atoms. The van der Waals surface area contributed by atoms with Crippen LogP contribution in [-0.4, -0.2) is 22.1 Å². The first-order valence-corrected chi connectivity index (χ1v) is 3.55. The molecule has 0 saturated carbocycles. The smallest absolute Gasteiger partial charge is 0.311 e. The zero-order chi connectivity index (χ0) is 12.0. The summed E-state index contributed by atoms with van der Waals surface area (Å²) in [6.45, 7) is 0. The number of rotatable bonds is 2. The number of aliphatic hydroxyl groups is 1. The van der Waals surface area contributed by atoms with Crippen LogP contribution in [0.3, 0.4) is 0 Å². The lowest BCUT2D eigenvalue weighted by Crippen LogP contribution is -1.95. The summed E-state index contributed by atoms with van der Waals surface area (Å²) in [6, 6.07) is 2.13. The van der Waals surface area contributed by atoms with E-state index in [2.05, 4.69) is 0 Å². The maximum absolute atomic E-state index is 12.6. The van der Waals surface area contributed by atoms with Crippen molar-refractivity contribution in [2.45, 2.75) is 0 Å². The van der Waals surface area contributed by atoms with Gasteiger partial charge in [0.1, 0.15) is 0 Å². The second-order valence-electron chi connectivity index (χ2n) is 2.15. The molecular weight excluding hydrogens is 211 g/mol. The minimum absolute atomic E-state index is 0.506. The zero-order valence-electron chi connectivity index (χ0n) is 7.58. The number of benzene rings is 1. The maximum Gasteiger partial charge on any atom is 0.311 e. The molecule has 1 aromatic rings. The molecule has 1 rings (SSSR count). The number of hydrogen-bond acceptors (Lipinski definition) is 5. The van der Waals surface area contributed by atoms with Crippen LogP contribution in [0.1, 0.15) is 0 Å². The standard InChI is InChI=1S/C6H3FN2O4.CH4O/c7-5-2-1-4(8(10)11)3-6(5)9(12)13;1-2/h1-3H;2H,1H3. The van der Waals surface area contributed by atoms with E-state index in [1.807, 2.05) is 0 Å². The van der Waals surface area contributed by atoms with E-state index in [0.717, 1.165) is 13.2 Å². The van der Waals surface area contributed by atoms with E-state index in [1.165, 1.54) is 0 Å². The van der Waals surface area contributed by atoms with Gasteiger partial charge in [-0.3, -0.25) is 20.2 Å². The second kappa shape index (κ2) is 5.60. The van der Waals surface area contributed by atoms with Gasteiger partial charge < -0.3 is 5.11 Å². The predicted molar refractivity (Wildman–Crippen MR) is 47.9 cm³/mol. The van der Waals surface area contributed by atoms with E-state index in [0.29, 0.717) is 12.1 Å². The summed E-state index contributed by atoms with van der Waals surface area (Å²) in [4.78, 5) is 18.4. The van der Waals surface area contributed by atoms with Crippen LogP contribution in [0.15, 0.2) is 18.2 Å². The number of hydrogen-bond donors (Lipinski definition) is 1. The fraction of sp³-hybridized carbons (Fsp3) is 0.143. The van der Waals surface area contributed by atoms with Crippen LogP contribution in [0.5, 0.6) is 0 Å². The maximum atomic E-state index is 12.6. The van der Waals surface area contributed by atoms with Crippen molar-refractivity contribution in [1.82, 2.24) is 0 Å². The first kappa shape index (κ1) is 12.9. The van der Waals surface area contributed by atoms with Crippen LogP contribution in [0.25, 0.3) is 0 Å². The molecule has 0 aliphatic heterocycles. The molecule has 0 fully saturated rings. The highest BCUT2D eigenvalue weighted by Gasteiger charge is 2.18. The Hall–Kier alpha value is -2.09. The fourth-order valence-corrected chi connectivity index (χ4v) is 0.755. The van der Waals surface area contributed by atoms with Crippen molar-refractivity contribution in [3.05, 3.63) is 44.2 Å². The Labute approximate surface area is 83.1 Å². The predicted octanol–water partition coefficient (Wildman–Crippen LogP) is 1.25. The van der Waals surface area contributed by atoms with Gasteiger partial charge in [0.2, 0.25) is 5.82 Å². The topological polar surface area (TPSA) is 107 Å². The minimum atomic E-state index is -1.09. The normalized spacial score (nSPS) is 8.73. The van der Waals surface area contributed by atoms with Crippen molar-refractivity contribution in [2.75, 3.05) is 7.11 Å².